The van der Waals surface area contributed by atoms with Gasteiger partial charge < -0.3 is 10.1 Å². The number of aromatic nitrogens is 1. The highest BCUT2D eigenvalue weighted by Gasteiger charge is 2.12. The lowest BCUT2D eigenvalue weighted by atomic mass is 10.1. The third-order valence-corrected chi connectivity index (χ3v) is 4.83. The van der Waals surface area contributed by atoms with Crippen molar-refractivity contribution in [2.45, 2.75) is 50.4 Å². The highest BCUT2D eigenvalue weighted by Crippen LogP contribution is 2.19. The summed E-state index contributed by atoms with van der Waals surface area (Å²) in [6, 6.07) is 3.96. The molecule has 0 bridgehead atoms. The first-order chi connectivity index (χ1) is 10.8. The van der Waals surface area contributed by atoms with E-state index in [2.05, 4.69) is 10.3 Å². The summed E-state index contributed by atoms with van der Waals surface area (Å²) in [5, 5.41) is 2.93. The molecule has 2 rings (SSSR count). The quantitative estimate of drug-likeness (QED) is 0.590. The Labute approximate surface area is 137 Å². The Hall–Kier alpha value is -1.07. The van der Waals surface area contributed by atoms with E-state index in [4.69, 9.17) is 4.74 Å². The first-order valence-electron chi connectivity index (χ1n) is 8.19. The fourth-order valence-electron chi connectivity index (χ4n) is 2.62. The van der Waals surface area contributed by atoms with Crippen molar-refractivity contribution in [2.75, 3.05) is 18.9 Å². The Morgan fingerprint density at radius 2 is 1.95 bits per heavy atom. The van der Waals surface area contributed by atoms with Gasteiger partial charge in [0.2, 0.25) is 5.91 Å². The summed E-state index contributed by atoms with van der Waals surface area (Å²) in [5.74, 6) is 1.42. The van der Waals surface area contributed by atoms with Gasteiger partial charge in [0.1, 0.15) is 0 Å². The van der Waals surface area contributed by atoms with Gasteiger partial charge in [-0.2, -0.15) is 0 Å². The third-order valence-electron chi connectivity index (χ3n) is 3.83. The smallest absolute Gasteiger partial charge is 0.230 e. The number of carbonyl (C=O) groups is 1. The van der Waals surface area contributed by atoms with Gasteiger partial charge in [-0.15, -0.1) is 11.8 Å². The summed E-state index contributed by atoms with van der Waals surface area (Å²) >= 11 is 1.62. The molecule has 0 atom stereocenters. The monoisotopic (exact) mass is 322 g/mol. The van der Waals surface area contributed by atoms with E-state index in [9.17, 15) is 4.79 Å². The standard InChI is InChI=1S/C17H26N2O2S/c20-17(14-22-13-15-7-9-18-10-8-15)19-11-12-21-16-5-3-1-2-4-6-16/h7-10,16H,1-6,11-14H2,(H,19,20). The van der Waals surface area contributed by atoms with Crippen molar-refractivity contribution in [2.24, 2.45) is 0 Å². The van der Waals surface area contributed by atoms with Crippen LogP contribution in [-0.4, -0.2) is 35.9 Å². The number of rotatable bonds is 8. The number of hydrogen-bond donors (Lipinski definition) is 1. The van der Waals surface area contributed by atoms with Gasteiger partial charge in [0, 0.05) is 24.7 Å². The fourth-order valence-corrected chi connectivity index (χ4v) is 3.43. The van der Waals surface area contributed by atoms with Crippen LogP contribution in [0.25, 0.3) is 0 Å². The van der Waals surface area contributed by atoms with Crippen LogP contribution in [0.5, 0.6) is 0 Å². The van der Waals surface area contributed by atoms with Crippen LogP contribution in [0, 0.1) is 0 Å². The first-order valence-corrected chi connectivity index (χ1v) is 9.35. The molecular formula is C17H26N2O2S. The molecule has 22 heavy (non-hydrogen) atoms. The fraction of sp³-hybridized carbons (Fsp3) is 0.647. The molecule has 0 aliphatic heterocycles. The Kier molecular flexibility index (Phi) is 8.35. The van der Waals surface area contributed by atoms with E-state index in [0.29, 0.717) is 25.0 Å². The van der Waals surface area contributed by atoms with E-state index >= 15 is 0 Å². The highest BCUT2D eigenvalue weighted by atomic mass is 32.2. The van der Waals surface area contributed by atoms with Crippen LogP contribution in [0.3, 0.4) is 0 Å². The van der Waals surface area contributed by atoms with Crippen LogP contribution in [0.2, 0.25) is 0 Å². The van der Waals surface area contributed by atoms with E-state index in [1.807, 2.05) is 12.1 Å². The van der Waals surface area contributed by atoms with Crippen molar-refractivity contribution >= 4 is 17.7 Å². The van der Waals surface area contributed by atoms with Crippen molar-refractivity contribution < 1.29 is 9.53 Å². The summed E-state index contributed by atoms with van der Waals surface area (Å²) in [6.07, 6.45) is 11.6. The van der Waals surface area contributed by atoms with Gasteiger partial charge in [-0.25, -0.2) is 0 Å². The maximum absolute atomic E-state index is 11.7. The second-order valence-electron chi connectivity index (χ2n) is 5.68. The van der Waals surface area contributed by atoms with Crippen LogP contribution in [-0.2, 0) is 15.3 Å². The van der Waals surface area contributed by atoms with Crippen LogP contribution in [0.4, 0.5) is 0 Å². The molecule has 0 unspecified atom stereocenters. The summed E-state index contributed by atoms with van der Waals surface area (Å²) in [6.45, 7) is 1.25. The lowest BCUT2D eigenvalue weighted by Gasteiger charge is -2.15. The number of ether oxygens (including phenoxy) is 1. The van der Waals surface area contributed by atoms with Crippen LogP contribution in [0.15, 0.2) is 24.5 Å². The largest absolute Gasteiger partial charge is 0.376 e. The molecule has 122 valence electrons. The predicted octanol–water partition coefficient (Wildman–Crippen LogP) is 3.17. The molecule has 1 saturated carbocycles. The van der Waals surface area contributed by atoms with Crippen molar-refractivity contribution in [3.05, 3.63) is 30.1 Å². The SMILES string of the molecule is O=C(CSCc1ccncc1)NCCOC1CCCCCC1. The number of nitrogens with one attached hydrogen (secondary N) is 1. The van der Waals surface area contributed by atoms with Gasteiger partial charge in [-0.05, 0) is 30.5 Å². The Bertz CT molecular complexity index is 420. The van der Waals surface area contributed by atoms with E-state index in [-0.39, 0.29) is 5.91 Å². The molecule has 0 radical (unpaired) electrons. The van der Waals surface area contributed by atoms with Gasteiger partial charge in [0.05, 0.1) is 18.5 Å². The minimum absolute atomic E-state index is 0.0866. The topological polar surface area (TPSA) is 51.2 Å². The van der Waals surface area contributed by atoms with Crippen LogP contribution >= 0.6 is 11.8 Å². The molecule has 1 N–H and O–H groups in total. The zero-order chi connectivity index (χ0) is 15.5. The lowest BCUT2D eigenvalue weighted by molar-refractivity contribution is -0.118. The molecule has 5 heteroatoms. The molecular weight excluding hydrogens is 296 g/mol. The van der Waals surface area contributed by atoms with Crippen molar-refractivity contribution in [3.63, 3.8) is 0 Å². The number of amides is 1. The molecule has 1 aromatic rings. The molecule has 1 aliphatic carbocycles. The van der Waals surface area contributed by atoms with E-state index < -0.39 is 0 Å². The average molecular weight is 322 g/mol. The zero-order valence-electron chi connectivity index (χ0n) is 13.1. The molecule has 1 aliphatic rings. The molecule has 0 aromatic carbocycles. The second kappa shape index (κ2) is 10.6. The number of carbonyl (C=O) groups excluding carboxylic acids is 1. The summed E-state index contributed by atoms with van der Waals surface area (Å²) < 4.78 is 5.86. The van der Waals surface area contributed by atoms with E-state index in [1.54, 1.807) is 24.2 Å². The lowest BCUT2D eigenvalue weighted by Crippen LogP contribution is -2.30. The molecule has 4 nitrogen and oxygen atoms in total. The molecule has 1 heterocycles. The maximum atomic E-state index is 11.7. The number of thioether (sulfide) groups is 1. The van der Waals surface area contributed by atoms with Gasteiger partial charge in [-0.1, -0.05) is 25.7 Å². The van der Waals surface area contributed by atoms with E-state index in [1.165, 1.54) is 44.1 Å². The molecule has 0 spiro atoms. The van der Waals surface area contributed by atoms with Gasteiger partial charge in [0.15, 0.2) is 0 Å². The maximum Gasteiger partial charge on any atom is 0.230 e. The summed E-state index contributed by atoms with van der Waals surface area (Å²) in [4.78, 5) is 15.7. The minimum Gasteiger partial charge on any atom is -0.376 e. The average Bonchev–Trinajstić information content (AvgIpc) is 2.81. The Balaban J connectivity index is 1.48. The van der Waals surface area contributed by atoms with Crippen LogP contribution < -0.4 is 5.32 Å². The van der Waals surface area contributed by atoms with E-state index in [0.717, 1.165) is 5.75 Å². The third kappa shape index (κ3) is 7.27. The summed E-state index contributed by atoms with van der Waals surface area (Å²) in [5.41, 5.74) is 1.20. The Morgan fingerprint density at radius 3 is 2.68 bits per heavy atom. The number of hydrogen-bond acceptors (Lipinski definition) is 4. The first kappa shape index (κ1) is 17.3. The predicted molar refractivity (Wildman–Crippen MR) is 90.9 cm³/mol. The molecule has 1 fully saturated rings. The van der Waals surface area contributed by atoms with Gasteiger partial charge >= 0.3 is 0 Å². The van der Waals surface area contributed by atoms with Crippen LogP contribution in [0.1, 0.15) is 44.1 Å². The zero-order valence-corrected chi connectivity index (χ0v) is 13.9. The normalized spacial score (nSPS) is 16.2. The molecule has 0 saturated heterocycles. The number of nitrogens with zero attached hydrogens (tertiary/aromatic N) is 1. The van der Waals surface area contributed by atoms with Gasteiger partial charge in [0.25, 0.3) is 0 Å². The molecule has 1 amide bonds. The second-order valence-corrected chi connectivity index (χ2v) is 6.67. The highest BCUT2D eigenvalue weighted by molar-refractivity contribution is 7.99. The minimum atomic E-state index is 0.0866. The number of pyridine rings is 1. The summed E-state index contributed by atoms with van der Waals surface area (Å²) in [7, 11) is 0. The van der Waals surface area contributed by atoms with Crippen molar-refractivity contribution in [3.8, 4) is 0 Å². The Morgan fingerprint density at radius 1 is 1.23 bits per heavy atom. The molecule has 1 aromatic heterocycles. The van der Waals surface area contributed by atoms with Crippen molar-refractivity contribution in [1.29, 1.82) is 0 Å². The van der Waals surface area contributed by atoms with Crippen molar-refractivity contribution in [1.82, 2.24) is 10.3 Å². The van der Waals surface area contributed by atoms with Gasteiger partial charge in [-0.3, -0.25) is 9.78 Å².